The summed E-state index contributed by atoms with van der Waals surface area (Å²) in [4.78, 5) is 102. The van der Waals surface area contributed by atoms with E-state index in [1.54, 1.807) is 51.1 Å². The summed E-state index contributed by atoms with van der Waals surface area (Å²) < 4.78 is 23.8. The number of aliphatic carboxylic acids is 2. The van der Waals surface area contributed by atoms with Gasteiger partial charge in [-0.15, -0.1) is 16.9 Å². The Balaban J connectivity index is 0.000000287. The van der Waals surface area contributed by atoms with Crippen LogP contribution in [-0.2, 0) is 49.9 Å². The van der Waals surface area contributed by atoms with Gasteiger partial charge in [-0.25, -0.2) is 13.2 Å². The number of nitrogens with zero attached hydrogens (tertiary/aromatic N) is 7. The van der Waals surface area contributed by atoms with Gasteiger partial charge in [0, 0.05) is 30.6 Å². The summed E-state index contributed by atoms with van der Waals surface area (Å²) in [6.45, 7) is 6.68. The Morgan fingerprint density at radius 2 is 1.59 bits per heavy atom. The first-order chi connectivity index (χ1) is 26.3. The minimum Gasteiger partial charge on any atom is -0.548 e. The van der Waals surface area contributed by atoms with E-state index >= 15 is 0 Å². The summed E-state index contributed by atoms with van der Waals surface area (Å²) in [5.74, 6) is -6.51. The number of β-lactam (4-membered cyclic amide) rings is 2. The predicted octanol–water partition coefficient (Wildman–Crippen LogP) is -10.4. The molecule has 7 amide bonds. The van der Waals surface area contributed by atoms with Crippen molar-refractivity contribution in [1.29, 1.82) is 0 Å². The third kappa shape index (κ3) is 8.02. The summed E-state index contributed by atoms with van der Waals surface area (Å²) in [5.41, 5.74) is 0.393. The molecule has 0 bridgehead atoms. The fraction of sp³-hybridized carbons (Fsp3) is 0.515. The Hall–Kier alpha value is -3.58. The summed E-state index contributed by atoms with van der Waals surface area (Å²) in [7, 11) is -3.84. The van der Waals surface area contributed by atoms with Gasteiger partial charge in [0.2, 0.25) is 17.7 Å². The van der Waals surface area contributed by atoms with E-state index in [4.69, 9.17) is 0 Å². The van der Waals surface area contributed by atoms with E-state index in [2.05, 4.69) is 20.9 Å². The number of hydrogen-bond donors (Lipinski definition) is 2. The fourth-order valence-electron chi connectivity index (χ4n) is 7.59. The maximum Gasteiger partial charge on any atom is 1.00 e. The number of carboxylic acid groups (broad SMARTS) is 2. The Labute approximate surface area is 380 Å². The number of thioether (sulfide) groups is 1. The molecule has 58 heavy (non-hydrogen) atoms. The topological polar surface area (TPSA) is 285 Å². The number of amides is 7. The van der Waals surface area contributed by atoms with E-state index in [1.807, 2.05) is 0 Å². The maximum absolute atomic E-state index is 13.3. The van der Waals surface area contributed by atoms with Gasteiger partial charge in [-0.2, -0.15) is 0 Å². The van der Waals surface area contributed by atoms with Gasteiger partial charge < -0.3 is 45.1 Å². The molecule has 1 aromatic carbocycles. The zero-order valence-corrected chi connectivity index (χ0v) is 38.0. The van der Waals surface area contributed by atoms with Crippen LogP contribution in [0, 0.1) is 0 Å². The van der Waals surface area contributed by atoms with Crippen molar-refractivity contribution in [3.8, 4) is 0 Å². The van der Waals surface area contributed by atoms with E-state index in [0.29, 0.717) is 12.1 Å². The summed E-state index contributed by atoms with van der Waals surface area (Å²) in [6.07, 6.45) is 2.61. The quantitative estimate of drug-likeness (QED) is 0.135. The summed E-state index contributed by atoms with van der Waals surface area (Å²) >= 11 is 1.24. The van der Waals surface area contributed by atoms with Gasteiger partial charge in [-0.1, -0.05) is 35.5 Å². The van der Waals surface area contributed by atoms with E-state index in [1.165, 1.54) is 45.6 Å². The Morgan fingerprint density at radius 1 is 0.948 bits per heavy atom. The third-order valence-electron chi connectivity index (χ3n) is 10.5. The molecule has 1 aromatic heterocycles. The molecule has 300 valence electrons. The van der Waals surface area contributed by atoms with E-state index in [-0.39, 0.29) is 85.2 Å². The van der Waals surface area contributed by atoms with Crippen molar-refractivity contribution in [1.82, 2.24) is 45.2 Å². The molecule has 5 fully saturated rings. The number of likely N-dealkylation sites (N-methyl/N-ethyl adjacent to an activating group) is 1. The molecular formula is C33H37N9Na2O12S2. The molecular weight excluding hydrogens is 825 g/mol. The molecule has 5 aliphatic heterocycles. The molecule has 21 nitrogen and oxygen atoms in total. The molecule has 0 aliphatic carbocycles. The van der Waals surface area contributed by atoms with Crippen molar-refractivity contribution in [3.05, 3.63) is 48.3 Å². The number of rotatable bonds is 9. The first-order valence-electron chi connectivity index (χ1n) is 17.3. The zero-order valence-electron chi connectivity index (χ0n) is 32.4. The molecule has 5 saturated heterocycles. The SMILES string of the molecule is CCN1CCN(C(=O)NC(C(=O)N[C@@H]2C(=O)N3[C@@H]2SC(C)(C)[C@@H]3C(=O)[O-])c2ccccc2)C(=O)C1=O.C[C@]1(Cn2ccnn2)[C@H](C(=O)[O-])N2C(=O)C[C@H]2S1(=O)=O.[Na+].[Na+]. The van der Waals surface area contributed by atoms with Gasteiger partial charge >= 0.3 is 77.0 Å². The first kappa shape index (κ1) is 47.1. The van der Waals surface area contributed by atoms with E-state index in [9.17, 15) is 57.0 Å². The van der Waals surface area contributed by atoms with Crippen LogP contribution in [0.25, 0.3) is 0 Å². The van der Waals surface area contributed by atoms with E-state index in [0.717, 1.165) is 9.80 Å². The van der Waals surface area contributed by atoms with Crippen LogP contribution in [0.3, 0.4) is 0 Å². The average Bonchev–Trinajstić information content (AvgIpc) is 3.78. The molecule has 7 atom stereocenters. The smallest absolute Gasteiger partial charge is 0.548 e. The second kappa shape index (κ2) is 17.6. The molecule has 0 spiro atoms. The summed E-state index contributed by atoms with van der Waals surface area (Å²) in [5, 5.41) is 33.6. The molecule has 7 rings (SSSR count). The molecule has 0 radical (unpaired) electrons. The van der Waals surface area contributed by atoms with Gasteiger partial charge in [-0.05, 0) is 33.3 Å². The van der Waals surface area contributed by atoms with Crippen molar-refractivity contribution < 1.29 is 116 Å². The second-order valence-corrected chi connectivity index (χ2v) is 18.7. The molecule has 2 N–H and O–H groups in total. The molecule has 25 heteroatoms. The van der Waals surface area contributed by atoms with Crippen molar-refractivity contribution in [3.63, 3.8) is 0 Å². The molecule has 0 saturated carbocycles. The van der Waals surface area contributed by atoms with Gasteiger partial charge in [0.05, 0.1) is 43.2 Å². The van der Waals surface area contributed by atoms with Crippen LogP contribution >= 0.6 is 11.8 Å². The van der Waals surface area contributed by atoms with Crippen LogP contribution in [0.15, 0.2) is 42.7 Å². The van der Waals surface area contributed by atoms with Gasteiger partial charge in [-0.3, -0.25) is 33.6 Å². The van der Waals surface area contributed by atoms with Gasteiger partial charge in [0.25, 0.3) is 0 Å². The Morgan fingerprint density at radius 3 is 2.14 bits per heavy atom. The van der Waals surface area contributed by atoms with Crippen LogP contribution in [0.1, 0.15) is 45.7 Å². The van der Waals surface area contributed by atoms with Crippen LogP contribution in [0.5, 0.6) is 0 Å². The number of benzene rings is 1. The van der Waals surface area contributed by atoms with Gasteiger partial charge in [0.15, 0.2) is 9.84 Å². The number of carbonyl (C=O) groups excluding carboxylic acids is 8. The number of fused-ring (bicyclic) bond motifs is 2. The van der Waals surface area contributed by atoms with Crippen molar-refractivity contribution in [2.24, 2.45) is 0 Å². The first-order valence-corrected chi connectivity index (χ1v) is 19.8. The number of aromatic nitrogens is 3. The number of carbonyl (C=O) groups is 8. The van der Waals surface area contributed by atoms with Crippen LogP contribution in [-0.4, -0.2) is 149 Å². The maximum atomic E-state index is 13.3. The monoisotopic (exact) mass is 861 g/mol. The second-order valence-electron chi connectivity index (χ2n) is 14.3. The number of carboxylic acids is 2. The number of piperazine rings is 1. The minimum atomic E-state index is -3.84. The summed E-state index contributed by atoms with van der Waals surface area (Å²) in [6, 6.07) is 2.40. The fourth-order valence-corrected chi connectivity index (χ4v) is 11.6. The van der Waals surface area contributed by atoms with E-state index < -0.39 is 102 Å². The largest absolute Gasteiger partial charge is 1.00 e. The standard InChI is InChI=1S/C23H27N5O7S.C10H12N4O5S.2Na/c1-4-26-10-11-27(19(32)18(26)31)22(35)25-13(12-8-6-5-7-9-12)16(29)24-14-17(30)28-15(21(33)34)23(2,3)36-20(14)28;1-10(5-13-3-2-11-12-13)8(9(16)17)14-6(15)4-7(14)20(10,18)19;;/h5-9,13-15,20H,4,10-11H2,1-3H3,(H,24,29)(H,25,35)(H,33,34);2-3,7-8H,4-5H2,1H3,(H,16,17);;/q;;2*+1/p-2/t13?,14-,15+,20-;7-,8+,10+;;/m11../s1. The van der Waals surface area contributed by atoms with Crippen LogP contribution < -0.4 is 80.0 Å². The van der Waals surface area contributed by atoms with Crippen LogP contribution in [0.2, 0.25) is 0 Å². The number of hydrogen-bond acceptors (Lipinski definition) is 15. The predicted molar refractivity (Wildman–Crippen MR) is 186 cm³/mol. The average molecular weight is 862 g/mol. The molecule has 2 aromatic rings. The molecule has 5 aliphatic rings. The van der Waals surface area contributed by atoms with Gasteiger partial charge in [0.1, 0.15) is 27.6 Å². The van der Waals surface area contributed by atoms with Crippen molar-refractivity contribution in [2.45, 2.75) is 85.1 Å². The number of sulfone groups is 1. The van der Waals surface area contributed by atoms with Crippen molar-refractivity contribution in [2.75, 3.05) is 19.6 Å². The minimum absolute atomic E-state index is 0. The van der Waals surface area contributed by atoms with Crippen LogP contribution in [0.4, 0.5) is 4.79 Å². The Bertz CT molecular complexity index is 2110. The molecule has 1 unspecified atom stereocenters. The number of nitrogens with one attached hydrogen (secondary N) is 2. The number of urea groups is 1. The third-order valence-corrected chi connectivity index (χ3v) is 14.9. The number of imide groups is 1. The molecule has 6 heterocycles. The Kier molecular flexibility index (Phi) is 14.3. The normalized spacial score (nSPS) is 27.9. The zero-order chi connectivity index (χ0) is 41.1. The van der Waals surface area contributed by atoms with Crippen molar-refractivity contribution >= 4 is 69.1 Å².